The van der Waals surface area contributed by atoms with Crippen molar-refractivity contribution in [1.82, 2.24) is 25.0 Å². The van der Waals surface area contributed by atoms with Crippen LogP contribution in [0.25, 0.3) is 10.9 Å². The molecule has 3 aromatic carbocycles. The van der Waals surface area contributed by atoms with Crippen molar-refractivity contribution in [1.29, 1.82) is 5.26 Å². The van der Waals surface area contributed by atoms with Gasteiger partial charge in [0, 0.05) is 90.7 Å². The number of anilines is 2. The van der Waals surface area contributed by atoms with Gasteiger partial charge in [0.25, 0.3) is 11.8 Å². The number of carbonyl (C=O) groups is 6. The van der Waals surface area contributed by atoms with Crippen LogP contribution in [0.4, 0.5) is 11.4 Å². The summed E-state index contributed by atoms with van der Waals surface area (Å²) >= 11 is 0. The number of amides is 5. The minimum atomic E-state index is -1.04. The molecule has 302 valence electrons. The molecule has 3 N–H and O–H groups in total. The lowest BCUT2D eigenvalue weighted by Gasteiger charge is -2.44. The molecule has 59 heavy (non-hydrogen) atoms. The van der Waals surface area contributed by atoms with Gasteiger partial charge in [0.15, 0.2) is 5.78 Å². The number of nitrogens with one attached hydrogen (secondary N) is 3. The number of H-pyrrole nitrogens is 1. The second-order valence-corrected chi connectivity index (χ2v) is 16.8. The van der Waals surface area contributed by atoms with Gasteiger partial charge in [-0.15, -0.1) is 0 Å². The molecular weight excluding hydrogens is 749 g/mol. The molecule has 5 heterocycles. The number of imide groups is 2. The first-order chi connectivity index (χ1) is 28.4. The number of benzene rings is 3. The Kier molecular flexibility index (Phi) is 9.38. The Morgan fingerprint density at radius 1 is 0.881 bits per heavy atom. The molecule has 1 atom stereocenters. The molecule has 4 aliphatic heterocycles. The Balaban J connectivity index is 0.801. The maximum absolute atomic E-state index is 14.1. The zero-order valence-corrected chi connectivity index (χ0v) is 33.4. The highest BCUT2D eigenvalue weighted by molar-refractivity contribution is 6.24. The third kappa shape index (κ3) is 6.35. The fraction of sp³-hybridized carbons (Fsp3) is 0.400. The van der Waals surface area contributed by atoms with Crippen molar-refractivity contribution in [2.24, 2.45) is 0 Å². The average Bonchev–Trinajstić information content (AvgIpc) is 3.76. The van der Waals surface area contributed by atoms with E-state index in [1.165, 1.54) is 11.8 Å². The number of hydrogen-bond acceptors (Lipinski definition) is 10. The monoisotopic (exact) mass is 794 g/mol. The Morgan fingerprint density at radius 3 is 2.34 bits per heavy atom. The zero-order valence-electron chi connectivity index (χ0n) is 33.4. The van der Waals surface area contributed by atoms with Crippen LogP contribution >= 0.6 is 0 Å². The number of nitriles is 1. The van der Waals surface area contributed by atoms with Crippen molar-refractivity contribution in [2.75, 3.05) is 56.0 Å². The van der Waals surface area contributed by atoms with Crippen LogP contribution in [-0.2, 0) is 26.2 Å². The van der Waals surface area contributed by atoms with E-state index in [0.717, 1.165) is 83.6 Å². The summed E-state index contributed by atoms with van der Waals surface area (Å²) < 4.78 is 0. The van der Waals surface area contributed by atoms with Gasteiger partial charge in [-0.05, 0) is 79.3 Å². The fourth-order valence-electron chi connectivity index (χ4n) is 9.84. The maximum Gasteiger partial charge on any atom is 0.262 e. The molecule has 1 unspecified atom stereocenters. The summed E-state index contributed by atoms with van der Waals surface area (Å²) in [5.74, 6) is -2.28. The van der Waals surface area contributed by atoms with Crippen LogP contribution in [0.3, 0.4) is 0 Å². The van der Waals surface area contributed by atoms with E-state index in [-0.39, 0.29) is 42.2 Å². The van der Waals surface area contributed by atoms with E-state index >= 15 is 0 Å². The maximum atomic E-state index is 14.1. The molecule has 5 aliphatic rings. The Hall–Kier alpha value is -6.33. The van der Waals surface area contributed by atoms with Crippen LogP contribution in [-0.4, -0.2) is 113 Å². The smallest absolute Gasteiger partial charge is 0.262 e. The Morgan fingerprint density at radius 2 is 1.63 bits per heavy atom. The van der Waals surface area contributed by atoms with Gasteiger partial charge in [-0.1, -0.05) is 26.8 Å². The molecule has 0 radical (unpaired) electrons. The highest BCUT2D eigenvalue weighted by Crippen LogP contribution is 2.46. The number of piperazine rings is 1. The van der Waals surface area contributed by atoms with E-state index in [9.17, 15) is 34.0 Å². The molecule has 9 rings (SSSR count). The van der Waals surface area contributed by atoms with Crippen molar-refractivity contribution < 1.29 is 28.8 Å². The summed E-state index contributed by atoms with van der Waals surface area (Å²) in [6.45, 7) is 11.1. The Bertz CT molecular complexity index is 2530. The minimum Gasteiger partial charge on any atom is -0.376 e. The molecule has 1 aromatic heterocycles. The van der Waals surface area contributed by atoms with Gasteiger partial charge in [-0.2, -0.15) is 5.26 Å². The van der Waals surface area contributed by atoms with Gasteiger partial charge in [-0.25, -0.2) is 0 Å². The molecule has 0 saturated carbocycles. The zero-order chi connectivity index (χ0) is 41.3. The second-order valence-electron chi connectivity index (χ2n) is 16.8. The molecule has 3 fully saturated rings. The third-order valence-electron chi connectivity index (χ3n) is 13.2. The van der Waals surface area contributed by atoms with Crippen LogP contribution in [0.2, 0.25) is 0 Å². The summed E-state index contributed by atoms with van der Waals surface area (Å²) in [7, 11) is 0. The van der Waals surface area contributed by atoms with Gasteiger partial charge >= 0.3 is 0 Å². The van der Waals surface area contributed by atoms with Crippen molar-refractivity contribution in [3.05, 3.63) is 93.2 Å². The van der Waals surface area contributed by atoms with Crippen LogP contribution in [0.15, 0.2) is 48.5 Å². The van der Waals surface area contributed by atoms with E-state index in [1.807, 2.05) is 17.0 Å². The number of ketones is 1. The van der Waals surface area contributed by atoms with E-state index in [2.05, 4.69) is 64.4 Å². The number of aromatic nitrogens is 1. The number of fused-ring (bicyclic) bond motifs is 5. The topological polar surface area (TPSA) is 179 Å². The summed E-state index contributed by atoms with van der Waals surface area (Å²) in [4.78, 5) is 89.0. The second kappa shape index (κ2) is 14.5. The molecule has 3 saturated heterocycles. The third-order valence-corrected chi connectivity index (χ3v) is 13.2. The fourth-order valence-corrected chi connectivity index (χ4v) is 9.84. The number of aromatic amines is 1. The van der Waals surface area contributed by atoms with Crippen LogP contribution in [0.1, 0.15) is 105 Å². The lowest BCUT2D eigenvalue weighted by Crippen LogP contribution is -2.55. The van der Waals surface area contributed by atoms with Gasteiger partial charge in [0.2, 0.25) is 17.7 Å². The predicted molar refractivity (Wildman–Crippen MR) is 219 cm³/mol. The molecule has 1 aliphatic carbocycles. The first kappa shape index (κ1) is 38.2. The molecule has 14 nitrogen and oxygen atoms in total. The molecule has 14 heteroatoms. The summed E-state index contributed by atoms with van der Waals surface area (Å²) in [5.41, 5.74) is 7.49. The number of nitrogens with zero attached hydrogens (tertiary/aromatic N) is 5. The van der Waals surface area contributed by atoms with E-state index in [1.54, 1.807) is 18.2 Å². The predicted octanol–water partition coefficient (Wildman–Crippen LogP) is 4.10. The lowest BCUT2D eigenvalue weighted by molar-refractivity contribution is -0.136. The van der Waals surface area contributed by atoms with Crippen LogP contribution < -0.4 is 15.5 Å². The van der Waals surface area contributed by atoms with Gasteiger partial charge in [0.1, 0.15) is 6.04 Å². The number of piperidine rings is 2. The molecule has 4 aromatic rings. The quantitative estimate of drug-likeness (QED) is 0.231. The standard InChI is InChI=1S/C45H46N8O6/c1-4-26-20-32-33(45(2,3)41-39(40(32)56)30-7-5-25(23-46)19-34(30)48-41)22-36(26)51-13-11-28(12-14-51)50-15-17-52(18-16-50)38(55)24-47-27-6-8-29-31(21-27)44(59)53(43(29)58)35-9-10-37(54)49-42(35)57/h5-8,19-22,28,35,47-48H,4,9-18,24H2,1-3H3,(H,49,54,57). The van der Waals surface area contributed by atoms with Crippen molar-refractivity contribution in [3.63, 3.8) is 0 Å². The first-order valence-corrected chi connectivity index (χ1v) is 20.5. The minimum absolute atomic E-state index is 0.0242. The van der Waals surface area contributed by atoms with Crippen LogP contribution in [0, 0.1) is 11.3 Å². The normalized spacial score (nSPS) is 20.7. The first-order valence-electron chi connectivity index (χ1n) is 20.5. The summed E-state index contributed by atoms with van der Waals surface area (Å²) in [6.07, 6.45) is 2.93. The van der Waals surface area contributed by atoms with E-state index < -0.39 is 35.1 Å². The summed E-state index contributed by atoms with van der Waals surface area (Å²) in [5, 5.41) is 15.6. The summed E-state index contributed by atoms with van der Waals surface area (Å²) in [6, 6.07) is 16.1. The van der Waals surface area contributed by atoms with Crippen molar-refractivity contribution in [2.45, 2.75) is 70.4 Å². The van der Waals surface area contributed by atoms with Gasteiger partial charge in [-0.3, -0.25) is 43.9 Å². The molecular formula is C45H46N8O6. The lowest BCUT2D eigenvalue weighted by atomic mass is 9.70. The molecule has 5 amide bonds. The highest BCUT2D eigenvalue weighted by atomic mass is 16.2. The van der Waals surface area contributed by atoms with E-state index in [0.29, 0.717) is 35.9 Å². The molecule has 0 bridgehead atoms. The van der Waals surface area contributed by atoms with Gasteiger partial charge < -0.3 is 20.1 Å². The Labute approximate surface area is 341 Å². The number of carbonyl (C=O) groups excluding carboxylic acids is 6. The molecule has 0 spiro atoms. The SMILES string of the molecule is CCc1cc2c(cc1N1CCC(N3CCN(C(=O)CNc4ccc5c(c4)C(=O)N(C4CCC(=O)NC4=O)C5=O)CC3)CC1)C(C)(C)c1[nH]c3cc(C#N)ccc3c1C2=O. The van der Waals surface area contributed by atoms with Crippen molar-refractivity contribution >= 4 is 57.6 Å². The number of rotatable bonds is 7. The number of hydrogen-bond donors (Lipinski definition) is 3. The number of aryl methyl sites for hydroxylation is 1. The van der Waals surface area contributed by atoms with Gasteiger partial charge in [0.05, 0.1) is 34.9 Å². The van der Waals surface area contributed by atoms with Crippen LogP contribution in [0.5, 0.6) is 0 Å². The van der Waals surface area contributed by atoms with E-state index in [4.69, 9.17) is 0 Å². The largest absolute Gasteiger partial charge is 0.376 e. The highest BCUT2D eigenvalue weighted by Gasteiger charge is 2.45. The van der Waals surface area contributed by atoms with Crippen molar-refractivity contribution in [3.8, 4) is 6.07 Å². The average molecular weight is 795 g/mol.